The molecule has 0 aliphatic carbocycles. The van der Waals surface area contributed by atoms with Gasteiger partial charge in [-0.1, -0.05) is 60.7 Å². The van der Waals surface area contributed by atoms with Crippen LogP contribution in [0.3, 0.4) is 0 Å². The first-order valence-corrected chi connectivity index (χ1v) is 13.8. The fourth-order valence-electron chi connectivity index (χ4n) is 5.26. The second-order valence-electron chi connectivity index (χ2n) is 10.3. The van der Waals surface area contributed by atoms with Crippen LogP contribution < -0.4 is 15.5 Å². The Balaban J connectivity index is 1.21. The number of amides is 2. The molecule has 5 rings (SSSR count). The molecular weight excluding hydrogens is 516 g/mol. The summed E-state index contributed by atoms with van der Waals surface area (Å²) < 4.78 is 6.03. The lowest BCUT2D eigenvalue weighted by Crippen LogP contribution is -2.56. The topological polar surface area (TPSA) is 104 Å². The normalized spacial score (nSPS) is 17.4. The number of nitrogens with zero attached hydrogens (tertiary/aromatic N) is 2. The average Bonchev–Trinajstić information content (AvgIpc) is 3.00. The second kappa shape index (κ2) is 13.2. The number of carbonyl (C=O) groups excluding carboxylic acids is 2. The quantitative estimate of drug-likeness (QED) is 0.205. The highest BCUT2D eigenvalue weighted by Crippen LogP contribution is 2.22. The number of ether oxygens (including phenoxy) is 1. The first kappa shape index (κ1) is 28.0. The summed E-state index contributed by atoms with van der Waals surface area (Å²) in [5, 5.41) is 13.3. The van der Waals surface area contributed by atoms with Gasteiger partial charge >= 0.3 is 0 Å². The van der Waals surface area contributed by atoms with E-state index in [0.717, 1.165) is 27.7 Å². The van der Waals surface area contributed by atoms with E-state index in [9.17, 15) is 14.8 Å². The molecule has 2 atom stereocenters. The highest BCUT2D eigenvalue weighted by molar-refractivity contribution is 5.95. The van der Waals surface area contributed by atoms with Crippen molar-refractivity contribution in [3.8, 4) is 5.75 Å². The lowest BCUT2D eigenvalue weighted by molar-refractivity contribution is -0.135. The van der Waals surface area contributed by atoms with Crippen molar-refractivity contribution in [2.24, 2.45) is 5.92 Å². The number of fused-ring (bicyclic) bond motifs is 1. The molecular formula is C33H34N4O4. The maximum Gasteiger partial charge on any atom is 0.251 e. The van der Waals surface area contributed by atoms with Crippen LogP contribution in [0.2, 0.25) is 0 Å². The van der Waals surface area contributed by atoms with Crippen LogP contribution in [-0.2, 0) is 11.4 Å². The minimum Gasteiger partial charge on any atom is -0.489 e. The van der Waals surface area contributed by atoms with Crippen molar-refractivity contribution in [2.45, 2.75) is 26.0 Å². The molecule has 0 radical (unpaired) electrons. The first-order chi connectivity index (χ1) is 20.0. The van der Waals surface area contributed by atoms with Gasteiger partial charge in [-0.2, -0.15) is 0 Å². The Kier molecular flexibility index (Phi) is 9.03. The molecule has 210 valence electrons. The van der Waals surface area contributed by atoms with E-state index >= 15 is 0 Å². The van der Waals surface area contributed by atoms with Crippen molar-refractivity contribution in [3.05, 3.63) is 113 Å². The number of hydroxylamine groups is 1. The van der Waals surface area contributed by atoms with Crippen molar-refractivity contribution in [1.82, 2.24) is 20.7 Å². The Morgan fingerprint density at radius 2 is 1.80 bits per heavy atom. The van der Waals surface area contributed by atoms with Gasteiger partial charge in [-0.15, -0.1) is 0 Å². The molecule has 1 fully saturated rings. The van der Waals surface area contributed by atoms with Crippen LogP contribution in [0.1, 0.15) is 33.6 Å². The van der Waals surface area contributed by atoms with Gasteiger partial charge in [0.25, 0.3) is 5.91 Å². The predicted octanol–water partition coefficient (Wildman–Crippen LogP) is 4.76. The summed E-state index contributed by atoms with van der Waals surface area (Å²) in [6.45, 7) is 4.20. The monoisotopic (exact) mass is 550 g/mol. The maximum absolute atomic E-state index is 13.2. The SMILES string of the molecule is Cc1cc(COc2ccc(C(=O)N[C@@H]3CN(CC=Cc4ccccc4)CC[C@@H]3C(=O)NO)cc2)c2ccccc2n1. The molecule has 2 amide bonds. The zero-order chi connectivity index (χ0) is 28.6. The number of pyridine rings is 1. The van der Waals surface area contributed by atoms with Crippen molar-refractivity contribution < 1.29 is 19.5 Å². The number of likely N-dealkylation sites (tertiary alicyclic amines) is 1. The Bertz CT molecular complexity index is 1520. The van der Waals surface area contributed by atoms with Gasteiger partial charge in [0.2, 0.25) is 5.91 Å². The van der Waals surface area contributed by atoms with Gasteiger partial charge < -0.3 is 10.1 Å². The average molecular weight is 551 g/mol. The van der Waals surface area contributed by atoms with Gasteiger partial charge in [0, 0.05) is 35.3 Å². The molecule has 41 heavy (non-hydrogen) atoms. The summed E-state index contributed by atoms with van der Waals surface area (Å²) in [6, 6.07) is 26.5. The minimum atomic E-state index is -0.528. The zero-order valence-corrected chi connectivity index (χ0v) is 23.0. The third kappa shape index (κ3) is 7.16. The summed E-state index contributed by atoms with van der Waals surface area (Å²) in [5.74, 6) is -0.654. The molecule has 1 aromatic heterocycles. The third-order valence-electron chi connectivity index (χ3n) is 7.37. The van der Waals surface area contributed by atoms with E-state index in [1.165, 1.54) is 0 Å². The molecule has 3 aromatic carbocycles. The van der Waals surface area contributed by atoms with E-state index in [1.54, 1.807) is 29.7 Å². The number of benzene rings is 3. The van der Waals surface area contributed by atoms with E-state index in [4.69, 9.17) is 4.74 Å². The van der Waals surface area contributed by atoms with Crippen LogP contribution in [0, 0.1) is 12.8 Å². The van der Waals surface area contributed by atoms with E-state index in [-0.39, 0.29) is 5.91 Å². The highest BCUT2D eigenvalue weighted by atomic mass is 16.5. The molecule has 0 spiro atoms. The van der Waals surface area contributed by atoms with Crippen LogP contribution >= 0.6 is 0 Å². The number of aromatic nitrogens is 1. The van der Waals surface area contributed by atoms with E-state index in [1.807, 2.05) is 67.6 Å². The summed E-state index contributed by atoms with van der Waals surface area (Å²) in [7, 11) is 0. The summed E-state index contributed by atoms with van der Waals surface area (Å²) in [5.41, 5.74) is 6.24. The fourth-order valence-corrected chi connectivity index (χ4v) is 5.26. The standard InChI is InChI=1S/C33H34N4O4/c1-23-20-26(28-11-5-6-12-30(28)34-23)22-41-27-15-13-25(14-16-27)32(38)35-31-21-37(19-17-29(31)33(39)36-40)18-7-10-24-8-3-2-4-9-24/h2-16,20,29,31,40H,17-19,21-22H2,1H3,(H,35,38)(H,36,39)/t29-,31+/m0/s1. The maximum atomic E-state index is 13.2. The van der Waals surface area contributed by atoms with Gasteiger partial charge in [-0.3, -0.25) is 24.7 Å². The summed E-state index contributed by atoms with van der Waals surface area (Å²) in [6.07, 6.45) is 4.66. The van der Waals surface area contributed by atoms with Crippen molar-refractivity contribution in [3.63, 3.8) is 0 Å². The second-order valence-corrected chi connectivity index (χ2v) is 10.3. The minimum absolute atomic E-state index is 0.283. The number of carbonyl (C=O) groups is 2. The van der Waals surface area contributed by atoms with Crippen molar-refractivity contribution in [1.29, 1.82) is 0 Å². The predicted molar refractivity (Wildman–Crippen MR) is 158 cm³/mol. The molecule has 8 heteroatoms. The van der Waals surface area contributed by atoms with Crippen molar-refractivity contribution in [2.75, 3.05) is 19.6 Å². The summed E-state index contributed by atoms with van der Waals surface area (Å²) in [4.78, 5) is 32.3. The number of nitrogens with one attached hydrogen (secondary N) is 2. The molecule has 0 unspecified atom stereocenters. The number of piperidine rings is 1. The number of rotatable bonds is 9. The number of hydrogen-bond acceptors (Lipinski definition) is 6. The van der Waals surface area contributed by atoms with Gasteiger partial charge in [0.05, 0.1) is 17.5 Å². The number of aryl methyl sites for hydroxylation is 1. The van der Waals surface area contributed by atoms with E-state index in [0.29, 0.717) is 44.0 Å². The molecule has 1 aliphatic heterocycles. The lowest BCUT2D eigenvalue weighted by atomic mass is 9.90. The largest absolute Gasteiger partial charge is 0.489 e. The third-order valence-corrected chi connectivity index (χ3v) is 7.37. The molecule has 1 aliphatic rings. The van der Waals surface area contributed by atoms with Crippen LogP contribution in [-0.4, -0.2) is 52.6 Å². The van der Waals surface area contributed by atoms with Crippen LogP contribution in [0.15, 0.2) is 91.0 Å². The highest BCUT2D eigenvalue weighted by Gasteiger charge is 2.35. The van der Waals surface area contributed by atoms with Crippen LogP contribution in [0.5, 0.6) is 5.75 Å². The van der Waals surface area contributed by atoms with Gasteiger partial charge in [0.1, 0.15) is 12.4 Å². The Hall–Kier alpha value is -4.53. The summed E-state index contributed by atoms with van der Waals surface area (Å²) >= 11 is 0. The Morgan fingerprint density at radius 1 is 1.05 bits per heavy atom. The van der Waals surface area contributed by atoms with E-state index in [2.05, 4.69) is 27.4 Å². The lowest BCUT2D eigenvalue weighted by Gasteiger charge is -2.37. The molecule has 2 heterocycles. The fraction of sp³-hybridized carbons (Fsp3) is 0.242. The van der Waals surface area contributed by atoms with Crippen molar-refractivity contribution >= 4 is 28.8 Å². The van der Waals surface area contributed by atoms with Gasteiger partial charge in [0.15, 0.2) is 0 Å². The molecule has 0 saturated carbocycles. The first-order valence-electron chi connectivity index (χ1n) is 13.8. The Labute approximate surface area is 239 Å². The smallest absolute Gasteiger partial charge is 0.251 e. The van der Waals surface area contributed by atoms with Crippen LogP contribution in [0.25, 0.3) is 17.0 Å². The van der Waals surface area contributed by atoms with Gasteiger partial charge in [-0.05, 0) is 61.9 Å². The van der Waals surface area contributed by atoms with Crippen LogP contribution in [0.4, 0.5) is 0 Å². The number of para-hydroxylation sites is 1. The molecule has 0 bridgehead atoms. The Morgan fingerprint density at radius 3 is 2.59 bits per heavy atom. The van der Waals surface area contributed by atoms with E-state index < -0.39 is 17.9 Å². The molecule has 1 saturated heterocycles. The van der Waals surface area contributed by atoms with Gasteiger partial charge in [-0.25, -0.2) is 5.48 Å². The zero-order valence-electron chi connectivity index (χ0n) is 23.0. The molecule has 4 aromatic rings. The molecule has 3 N–H and O–H groups in total. The number of hydrogen-bond donors (Lipinski definition) is 3. The molecule has 8 nitrogen and oxygen atoms in total.